The molecule has 1 aliphatic carbocycles. The van der Waals surface area contributed by atoms with Crippen molar-refractivity contribution in [2.75, 3.05) is 27.3 Å². The minimum atomic E-state index is -0.413. The third-order valence-electron chi connectivity index (χ3n) is 6.59. The molecular weight excluding hydrogens is 358 g/mol. The number of methoxy groups -OCH3 is 1. The third kappa shape index (κ3) is 2.73. The Balaban J connectivity index is 1.46. The molecule has 2 unspecified atom stereocenters. The number of ether oxygens (including phenoxy) is 4. The lowest BCUT2D eigenvalue weighted by Crippen LogP contribution is -2.44. The molecule has 5 rings (SSSR count). The van der Waals surface area contributed by atoms with Gasteiger partial charge in [0.25, 0.3) is 0 Å². The van der Waals surface area contributed by atoms with Gasteiger partial charge in [0.2, 0.25) is 0 Å². The molecule has 0 amide bonds. The molecule has 4 aliphatic rings. The average molecular weight is 385 g/mol. The van der Waals surface area contributed by atoms with Crippen LogP contribution in [0.2, 0.25) is 0 Å². The Kier molecular flexibility index (Phi) is 4.36. The molecule has 150 valence electrons. The maximum absolute atomic E-state index is 12.4. The van der Waals surface area contributed by atoms with Crippen molar-refractivity contribution < 1.29 is 23.7 Å². The van der Waals surface area contributed by atoms with Gasteiger partial charge in [-0.2, -0.15) is 0 Å². The van der Waals surface area contributed by atoms with E-state index in [0.717, 1.165) is 43.9 Å². The van der Waals surface area contributed by atoms with Crippen LogP contribution in [0, 0.1) is 0 Å². The van der Waals surface area contributed by atoms with Crippen molar-refractivity contribution in [3.63, 3.8) is 0 Å². The monoisotopic (exact) mass is 385 g/mol. The van der Waals surface area contributed by atoms with Crippen LogP contribution in [-0.2, 0) is 26.2 Å². The molecule has 6 heteroatoms. The molecule has 0 radical (unpaired) electrons. The summed E-state index contributed by atoms with van der Waals surface area (Å²) in [6.45, 7) is 2.52. The second-order valence-corrected chi connectivity index (χ2v) is 8.34. The largest absolute Gasteiger partial charge is 0.493 e. The molecule has 3 heterocycles. The SMILES string of the molecule is COc1ccc2c3c1O[C@H]1CC(OC(=O)C4CCCO4)C=C[C@@]31CCN(C)C2. The number of nitrogens with zero attached hydrogens (tertiary/aromatic N) is 1. The van der Waals surface area contributed by atoms with E-state index in [4.69, 9.17) is 18.9 Å². The van der Waals surface area contributed by atoms with Gasteiger partial charge >= 0.3 is 5.97 Å². The summed E-state index contributed by atoms with van der Waals surface area (Å²) in [7, 11) is 3.84. The molecule has 1 saturated heterocycles. The highest BCUT2D eigenvalue weighted by Gasteiger charge is 2.53. The lowest BCUT2D eigenvalue weighted by atomic mass is 9.69. The van der Waals surface area contributed by atoms with Crippen molar-refractivity contribution in [3.8, 4) is 11.5 Å². The van der Waals surface area contributed by atoms with Crippen molar-refractivity contribution in [2.24, 2.45) is 0 Å². The Morgan fingerprint density at radius 3 is 3.04 bits per heavy atom. The maximum atomic E-state index is 12.4. The van der Waals surface area contributed by atoms with Crippen LogP contribution in [0.3, 0.4) is 0 Å². The third-order valence-corrected chi connectivity index (χ3v) is 6.59. The predicted octanol–water partition coefficient (Wildman–Crippen LogP) is 2.58. The van der Waals surface area contributed by atoms with E-state index in [-0.39, 0.29) is 23.6 Å². The minimum Gasteiger partial charge on any atom is -0.493 e. The molecule has 1 aromatic carbocycles. The molecule has 1 fully saturated rings. The normalized spacial score (nSPS) is 33.6. The van der Waals surface area contributed by atoms with Crippen LogP contribution in [0.4, 0.5) is 0 Å². The van der Waals surface area contributed by atoms with Gasteiger partial charge in [-0.25, -0.2) is 4.79 Å². The summed E-state index contributed by atoms with van der Waals surface area (Å²) in [4.78, 5) is 14.7. The fourth-order valence-corrected chi connectivity index (χ4v) is 5.14. The highest BCUT2D eigenvalue weighted by molar-refractivity contribution is 5.75. The quantitative estimate of drug-likeness (QED) is 0.589. The van der Waals surface area contributed by atoms with Crippen molar-refractivity contribution in [3.05, 3.63) is 35.4 Å². The highest BCUT2D eigenvalue weighted by atomic mass is 16.6. The Morgan fingerprint density at radius 1 is 1.36 bits per heavy atom. The van der Waals surface area contributed by atoms with E-state index in [1.54, 1.807) is 7.11 Å². The summed E-state index contributed by atoms with van der Waals surface area (Å²) < 4.78 is 23.3. The summed E-state index contributed by atoms with van der Waals surface area (Å²) >= 11 is 0. The molecule has 0 N–H and O–H groups in total. The van der Waals surface area contributed by atoms with E-state index >= 15 is 0 Å². The van der Waals surface area contributed by atoms with Crippen molar-refractivity contribution in [2.45, 2.75) is 56.0 Å². The number of rotatable bonds is 3. The van der Waals surface area contributed by atoms with Gasteiger partial charge in [-0.15, -0.1) is 0 Å². The van der Waals surface area contributed by atoms with E-state index in [0.29, 0.717) is 13.0 Å². The van der Waals surface area contributed by atoms with Gasteiger partial charge in [0.05, 0.1) is 12.5 Å². The molecule has 6 nitrogen and oxygen atoms in total. The number of benzene rings is 1. The van der Waals surface area contributed by atoms with Crippen molar-refractivity contribution in [1.82, 2.24) is 4.90 Å². The smallest absolute Gasteiger partial charge is 0.335 e. The number of hydrogen-bond donors (Lipinski definition) is 0. The fraction of sp³-hybridized carbons (Fsp3) is 0.591. The summed E-state index contributed by atoms with van der Waals surface area (Å²) in [5, 5.41) is 0. The van der Waals surface area contributed by atoms with Crippen LogP contribution in [0.1, 0.15) is 36.8 Å². The molecule has 1 spiro atoms. The fourth-order valence-electron chi connectivity index (χ4n) is 5.14. The zero-order chi connectivity index (χ0) is 19.3. The Hall–Kier alpha value is -2.05. The van der Waals surface area contributed by atoms with Gasteiger partial charge in [0.15, 0.2) is 17.6 Å². The van der Waals surface area contributed by atoms with Gasteiger partial charge in [-0.3, -0.25) is 0 Å². The van der Waals surface area contributed by atoms with Gasteiger partial charge in [0, 0.05) is 25.1 Å². The molecule has 3 aliphatic heterocycles. The van der Waals surface area contributed by atoms with Gasteiger partial charge in [-0.05, 0) is 50.6 Å². The average Bonchev–Trinajstić information content (AvgIpc) is 3.30. The summed E-state index contributed by atoms with van der Waals surface area (Å²) in [6, 6.07) is 4.15. The zero-order valence-corrected chi connectivity index (χ0v) is 16.5. The molecule has 0 saturated carbocycles. The lowest BCUT2D eigenvalue weighted by molar-refractivity contribution is -0.159. The topological polar surface area (TPSA) is 57.2 Å². The second kappa shape index (κ2) is 6.78. The molecular formula is C22H27NO5. The van der Waals surface area contributed by atoms with E-state index in [1.807, 2.05) is 6.07 Å². The Bertz CT molecular complexity index is 815. The van der Waals surface area contributed by atoms with Crippen LogP contribution in [0.15, 0.2) is 24.3 Å². The van der Waals surface area contributed by atoms with Crippen LogP contribution < -0.4 is 9.47 Å². The number of carbonyl (C=O) groups excluding carboxylic acids is 1. The van der Waals surface area contributed by atoms with Crippen LogP contribution in [0.5, 0.6) is 11.5 Å². The first-order chi connectivity index (χ1) is 13.6. The molecule has 1 aromatic rings. The van der Waals surface area contributed by atoms with Gasteiger partial charge < -0.3 is 23.8 Å². The van der Waals surface area contributed by atoms with E-state index < -0.39 is 6.10 Å². The van der Waals surface area contributed by atoms with E-state index in [1.165, 1.54) is 11.1 Å². The Morgan fingerprint density at radius 2 is 2.25 bits per heavy atom. The summed E-state index contributed by atoms with van der Waals surface area (Å²) in [5.74, 6) is 1.38. The minimum absolute atomic E-state index is 0.0589. The second-order valence-electron chi connectivity index (χ2n) is 8.34. The maximum Gasteiger partial charge on any atom is 0.335 e. The van der Waals surface area contributed by atoms with Gasteiger partial charge in [-0.1, -0.05) is 12.1 Å². The first-order valence-corrected chi connectivity index (χ1v) is 10.2. The van der Waals surface area contributed by atoms with Crippen LogP contribution in [-0.4, -0.2) is 56.5 Å². The molecule has 4 atom stereocenters. The van der Waals surface area contributed by atoms with Crippen molar-refractivity contribution >= 4 is 5.97 Å². The standard InChI is InChI=1S/C22H27NO5/c1-23-10-9-22-8-7-15(27-21(24)17-4-3-11-26-17)12-18(22)28-20-16(25-2)6-5-14(13-23)19(20)22/h5-8,15,17-18H,3-4,9-13H2,1-2H3/t15?,17?,18-,22-/m0/s1. The number of carbonyl (C=O) groups is 1. The molecule has 0 bridgehead atoms. The first-order valence-electron chi connectivity index (χ1n) is 10.2. The zero-order valence-electron chi connectivity index (χ0n) is 16.5. The van der Waals surface area contributed by atoms with Crippen molar-refractivity contribution in [1.29, 1.82) is 0 Å². The number of esters is 1. The summed E-state index contributed by atoms with van der Waals surface area (Å²) in [6.07, 6.45) is 6.81. The number of hydrogen-bond acceptors (Lipinski definition) is 6. The van der Waals surface area contributed by atoms with Crippen LogP contribution >= 0.6 is 0 Å². The Labute approximate surface area is 165 Å². The molecule has 28 heavy (non-hydrogen) atoms. The van der Waals surface area contributed by atoms with E-state index in [2.05, 4.69) is 30.2 Å². The first kappa shape index (κ1) is 18.0. The van der Waals surface area contributed by atoms with Gasteiger partial charge in [0.1, 0.15) is 12.2 Å². The predicted molar refractivity (Wildman–Crippen MR) is 103 cm³/mol. The molecule has 0 aromatic heterocycles. The highest BCUT2D eigenvalue weighted by Crippen LogP contribution is 2.55. The summed E-state index contributed by atoms with van der Waals surface area (Å²) in [5.41, 5.74) is 2.36. The van der Waals surface area contributed by atoms with Crippen LogP contribution in [0.25, 0.3) is 0 Å². The lowest BCUT2D eigenvalue weighted by Gasteiger charge is -2.37. The van der Waals surface area contributed by atoms with E-state index in [9.17, 15) is 4.79 Å².